The molecule has 0 aliphatic rings. The fraction of sp³-hybridized carbons (Fsp3) is 0.188. The highest BCUT2D eigenvalue weighted by Crippen LogP contribution is 2.20. The normalized spacial score (nSPS) is 10.5. The highest BCUT2D eigenvalue weighted by atomic mass is 79.9. The molecule has 2 aromatic rings. The van der Waals surface area contributed by atoms with Crippen molar-refractivity contribution in [2.75, 3.05) is 11.1 Å². The van der Waals surface area contributed by atoms with E-state index in [9.17, 15) is 13.6 Å². The van der Waals surface area contributed by atoms with Crippen LogP contribution in [0.25, 0.3) is 0 Å². The van der Waals surface area contributed by atoms with Crippen LogP contribution < -0.4 is 5.32 Å². The van der Waals surface area contributed by atoms with Crippen LogP contribution in [0.1, 0.15) is 11.1 Å². The van der Waals surface area contributed by atoms with Gasteiger partial charge < -0.3 is 5.32 Å². The van der Waals surface area contributed by atoms with Gasteiger partial charge in [0.15, 0.2) is 0 Å². The number of benzene rings is 2. The van der Waals surface area contributed by atoms with Gasteiger partial charge in [-0.1, -0.05) is 28.1 Å². The number of carbonyl (C=O) groups is 1. The molecule has 0 fully saturated rings. The van der Waals surface area contributed by atoms with Crippen LogP contribution in [0.15, 0.2) is 40.9 Å². The maximum atomic E-state index is 13.6. The van der Waals surface area contributed by atoms with Gasteiger partial charge in [-0.15, -0.1) is 11.8 Å². The Morgan fingerprint density at radius 3 is 2.64 bits per heavy atom. The minimum absolute atomic E-state index is 0.128. The molecule has 0 aliphatic heterocycles. The smallest absolute Gasteiger partial charge is 0.234 e. The summed E-state index contributed by atoms with van der Waals surface area (Å²) in [5, 5.41) is 2.51. The van der Waals surface area contributed by atoms with E-state index in [0.717, 1.165) is 5.56 Å². The fourth-order valence-electron chi connectivity index (χ4n) is 1.80. The van der Waals surface area contributed by atoms with Gasteiger partial charge in [-0.3, -0.25) is 4.79 Å². The molecule has 1 amide bonds. The zero-order valence-corrected chi connectivity index (χ0v) is 14.2. The summed E-state index contributed by atoms with van der Waals surface area (Å²) in [5.74, 6) is -0.583. The molecule has 2 rings (SSSR count). The Morgan fingerprint density at radius 2 is 1.95 bits per heavy atom. The maximum Gasteiger partial charge on any atom is 0.234 e. The van der Waals surface area contributed by atoms with Gasteiger partial charge in [-0.05, 0) is 42.3 Å². The Hall–Kier alpha value is -1.40. The quantitative estimate of drug-likeness (QED) is 0.792. The Bertz CT molecular complexity index is 694. The number of halogens is 3. The summed E-state index contributed by atoms with van der Waals surface area (Å²) in [5.41, 5.74) is 1.48. The van der Waals surface area contributed by atoms with Crippen LogP contribution in [0.5, 0.6) is 0 Å². The third-order valence-electron chi connectivity index (χ3n) is 2.90. The molecule has 116 valence electrons. The van der Waals surface area contributed by atoms with E-state index in [4.69, 9.17) is 0 Å². The monoisotopic (exact) mass is 385 g/mol. The van der Waals surface area contributed by atoms with Crippen LogP contribution in [-0.2, 0) is 10.5 Å². The summed E-state index contributed by atoms with van der Waals surface area (Å²) in [6.07, 6.45) is 0. The molecule has 0 heterocycles. The summed E-state index contributed by atoms with van der Waals surface area (Å²) >= 11 is 4.46. The number of rotatable bonds is 5. The van der Waals surface area contributed by atoms with Crippen molar-refractivity contribution < 1.29 is 13.6 Å². The van der Waals surface area contributed by atoms with E-state index < -0.39 is 5.82 Å². The summed E-state index contributed by atoms with van der Waals surface area (Å²) in [4.78, 5) is 11.8. The highest BCUT2D eigenvalue weighted by Gasteiger charge is 2.08. The van der Waals surface area contributed by atoms with E-state index in [1.165, 1.54) is 30.0 Å². The number of amides is 1. The molecule has 0 aliphatic carbocycles. The predicted molar refractivity (Wildman–Crippen MR) is 90.0 cm³/mol. The zero-order valence-electron chi connectivity index (χ0n) is 11.8. The van der Waals surface area contributed by atoms with Gasteiger partial charge in [-0.25, -0.2) is 8.78 Å². The molecule has 2 nitrogen and oxygen atoms in total. The van der Waals surface area contributed by atoms with Crippen molar-refractivity contribution in [3.05, 3.63) is 63.6 Å². The number of hydrogen-bond acceptors (Lipinski definition) is 2. The largest absolute Gasteiger partial charge is 0.323 e. The number of anilines is 1. The van der Waals surface area contributed by atoms with Gasteiger partial charge >= 0.3 is 0 Å². The molecular weight excluding hydrogens is 372 g/mol. The van der Waals surface area contributed by atoms with E-state index >= 15 is 0 Å². The average Bonchev–Trinajstić information content (AvgIpc) is 2.44. The minimum atomic E-state index is -0.461. The van der Waals surface area contributed by atoms with Crippen LogP contribution in [0.3, 0.4) is 0 Å². The van der Waals surface area contributed by atoms with Crippen LogP contribution in [0.4, 0.5) is 14.5 Å². The lowest BCUT2D eigenvalue weighted by atomic mass is 10.2. The molecule has 22 heavy (non-hydrogen) atoms. The third kappa shape index (κ3) is 4.81. The fourth-order valence-corrected chi connectivity index (χ4v) is 2.95. The SMILES string of the molecule is Cc1ccc(NC(=O)CSCc2ccc(Br)cc2F)c(F)c1. The summed E-state index contributed by atoms with van der Waals surface area (Å²) in [6, 6.07) is 9.42. The molecular formula is C16H14BrF2NOS. The first-order valence-electron chi connectivity index (χ1n) is 6.53. The second-order valence-corrected chi connectivity index (χ2v) is 6.66. The number of carbonyl (C=O) groups excluding carboxylic acids is 1. The Balaban J connectivity index is 1.85. The van der Waals surface area contributed by atoms with Gasteiger partial charge in [-0.2, -0.15) is 0 Å². The van der Waals surface area contributed by atoms with E-state index in [1.807, 2.05) is 0 Å². The van der Waals surface area contributed by atoms with Crippen molar-refractivity contribution in [2.45, 2.75) is 12.7 Å². The van der Waals surface area contributed by atoms with Crippen molar-refractivity contribution in [3.8, 4) is 0 Å². The molecule has 0 aromatic heterocycles. The van der Waals surface area contributed by atoms with E-state index in [0.29, 0.717) is 15.8 Å². The van der Waals surface area contributed by atoms with Crippen LogP contribution >= 0.6 is 27.7 Å². The number of nitrogens with one attached hydrogen (secondary N) is 1. The number of aryl methyl sites for hydroxylation is 1. The molecule has 0 radical (unpaired) electrons. The van der Waals surface area contributed by atoms with Crippen molar-refractivity contribution in [1.82, 2.24) is 0 Å². The van der Waals surface area contributed by atoms with Gasteiger partial charge in [0.2, 0.25) is 5.91 Å². The highest BCUT2D eigenvalue weighted by molar-refractivity contribution is 9.10. The molecule has 2 aromatic carbocycles. The van der Waals surface area contributed by atoms with E-state index in [2.05, 4.69) is 21.2 Å². The first-order valence-corrected chi connectivity index (χ1v) is 8.48. The molecule has 0 unspecified atom stereocenters. The van der Waals surface area contributed by atoms with E-state index in [-0.39, 0.29) is 23.2 Å². The van der Waals surface area contributed by atoms with Crippen LogP contribution in [-0.4, -0.2) is 11.7 Å². The number of hydrogen-bond donors (Lipinski definition) is 1. The molecule has 0 saturated carbocycles. The molecule has 0 bridgehead atoms. The standard InChI is InChI=1S/C16H14BrF2NOS/c1-10-2-5-15(14(19)6-10)20-16(21)9-22-8-11-3-4-12(17)7-13(11)18/h2-7H,8-9H2,1H3,(H,20,21). The first-order chi connectivity index (χ1) is 10.5. The van der Waals surface area contributed by atoms with Crippen molar-refractivity contribution in [1.29, 1.82) is 0 Å². The lowest BCUT2D eigenvalue weighted by molar-refractivity contribution is -0.113. The van der Waals surface area contributed by atoms with Crippen molar-refractivity contribution in [3.63, 3.8) is 0 Å². The van der Waals surface area contributed by atoms with Crippen molar-refractivity contribution >= 4 is 39.3 Å². The van der Waals surface area contributed by atoms with Crippen LogP contribution in [0, 0.1) is 18.6 Å². The second kappa shape index (κ2) is 7.74. The lowest BCUT2D eigenvalue weighted by Crippen LogP contribution is -2.15. The molecule has 0 atom stereocenters. The van der Waals surface area contributed by atoms with Gasteiger partial charge in [0, 0.05) is 10.2 Å². The van der Waals surface area contributed by atoms with Gasteiger partial charge in [0.1, 0.15) is 11.6 Å². The number of thioether (sulfide) groups is 1. The summed E-state index contributed by atoms with van der Waals surface area (Å²) in [6.45, 7) is 1.78. The molecule has 0 spiro atoms. The molecule has 6 heteroatoms. The topological polar surface area (TPSA) is 29.1 Å². The van der Waals surface area contributed by atoms with Crippen LogP contribution in [0.2, 0.25) is 0 Å². The predicted octanol–water partition coefficient (Wildman–Crippen LogP) is 4.91. The molecule has 1 N–H and O–H groups in total. The minimum Gasteiger partial charge on any atom is -0.323 e. The van der Waals surface area contributed by atoms with Gasteiger partial charge in [0.25, 0.3) is 0 Å². The third-order valence-corrected chi connectivity index (χ3v) is 4.38. The molecule has 0 saturated heterocycles. The first kappa shape index (κ1) is 17.0. The lowest BCUT2D eigenvalue weighted by Gasteiger charge is -2.07. The Morgan fingerprint density at radius 1 is 1.18 bits per heavy atom. The summed E-state index contributed by atoms with van der Waals surface area (Å²) < 4.78 is 27.9. The Labute approximate surface area is 140 Å². The average molecular weight is 386 g/mol. The maximum absolute atomic E-state index is 13.6. The summed E-state index contributed by atoms with van der Waals surface area (Å²) in [7, 11) is 0. The van der Waals surface area contributed by atoms with Crippen molar-refractivity contribution in [2.24, 2.45) is 0 Å². The van der Waals surface area contributed by atoms with E-state index in [1.54, 1.807) is 25.1 Å². The van der Waals surface area contributed by atoms with Gasteiger partial charge in [0.05, 0.1) is 11.4 Å². The zero-order chi connectivity index (χ0) is 16.1. The Kier molecular flexibility index (Phi) is 5.97. The second-order valence-electron chi connectivity index (χ2n) is 4.76.